The van der Waals surface area contributed by atoms with Crippen LogP contribution in [0.2, 0.25) is 0 Å². The number of thiazole rings is 2. The first-order valence-corrected chi connectivity index (χ1v) is 10.9. The predicted octanol–water partition coefficient (Wildman–Crippen LogP) is 5.39. The van der Waals surface area contributed by atoms with Crippen LogP contribution in [0.15, 0.2) is 29.0 Å². The number of hydrogen-bond donors (Lipinski definition) is 2. The molecule has 2 amide bonds. The number of carbonyl (C=O) groups is 2. The number of amides is 2. The van der Waals surface area contributed by atoms with Crippen LogP contribution >= 0.6 is 22.7 Å². The van der Waals surface area contributed by atoms with Gasteiger partial charge in [-0.3, -0.25) is 10.1 Å². The topological polar surface area (TPSA) is 84.0 Å². The van der Waals surface area contributed by atoms with Gasteiger partial charge in [0.1, 0.15) is 11.4 Å². The lowest BCUT2D eigenvalue weighted by molar-refractivity contribution is 0.0923. The first kappa shape index (κ1) is 18.8. The van der Waals surface area contributed by atoms with Crippen molar-refractivity contribution in [3.8, 4) is 11.4 Å². The Morgan fingerprint density at radius 3 is 2.71 bits per heavy atom. The summed E-state index contributed by atoms with van der Waals surface area (Å²) in [4.78, 5) is 33.8. The molecule has 1 aromatic carbocycles. The van der Waals surface area contributed by atoms with Crippen LogP contribution in [0.25, 0.3) is 11.4 Å². The van der Waals surface area contributed by atoms with Crippen molar-refractivity contribution >= 4 is 45.3 Å². The molecular weight excluding hydrogens is 392 g/mol. The maximum Gasteiger partial charge on any atom is 0.325 e. The van der Waals surface area contributed by atoms with E-state index in [1.807, 2.05) is 29.8 Å². The van der Waals surface area contributed by atoms with Crippen molar-refractivity contribution in [1.29, 1.82) is 0 Å². The number of aryl methyl sites for hydroxylation is 1. The number of hydrogen-bond acceptors (Lipinski definition) is 6. The fourth-order valence-corrected chi connectivity index (χ4v) is 4.57. The smallest absolute Gasteiger partial charge is 0.307 e. The van der Waals surface area contributed by atoms with Crippen molar-refractivity contribution in [2.75, 3.05) is 10.6 Å². The number of urea groups is 1. The molecule has 0 atom stereocenters. The molecule has 1 fully saturated rings. The minimum atomic E-state index is -0.421. The standard InChI is InChI=1S/C20H19N4O2S2/c1-12-6-7-15(14(8-12)18(25)13-4-2-3-5-13)22-19(26)24-20-23-17(10-28-20)16-9-27-11-21-16/h6-10,13H,2-5H2,1H3,(H2,22,23,24,26). The van der Waals surface area contributed by atoms with E-state index in [2.05, 4.69) is 26.1 Å². The summed E-state index contributed by atoms with van der Waals surface area (Å²) in [6.07, 6.45) is 4.03. The molecule has 143 valence electrons. The minimum absolute atomic E-state index is 0.0573. The fourth-order valence-electron chi connectivity index (χ4n) is 3.38. The van der Waals surface area contributed by atoms with Crippen LogP contribution in [0.1, 0.15) is 41.6 Å². The average Bonchev–Trinajstić information content (AvgIpc) is 3.44. The molecule has 0 spiro atoms. The van der Waals surface area contributed by atoms with E-state index in [1.54, 1.807) is 6.07 Å². The summed E-state index contributed by atoms with van der Waals surface area (Å²) in [6.45, 7) is 1.95. The maximum atomic E-state index is 12.9. The van der Waals surface area contributed by atoms with Gasteiger partial charge < -0.3 is 5.32 Å². The Bertz CT molecular complexity index is 992. The monoisotopic (exact) mass is 411 g/mol. The van der Waals surface area contributed by atoms with E-state index in [0.29, 0.717) is 22.1 Å². The highest BCUT2D eigenvalue weighted by Gasteiger charge is 2.26. The summed E-state index contributed by atoms with van der Waals surface area (Å²) in [5.41, 5.74) is 6.33. The van der Waals surface area contributed by atoms with Crippen LogP contribution in [0.4, 0.5) is 15.6 Å². The SMILES string of the molecule is Cc1ccc(NC(=O)Nc2nc(-c3cs[c]n3)cs2)c(C(=O)C2CCCC2)c1. The summed E-state index contributed by atoms with van der Waals surface area (Å²) in [7, 11) is 0. The molecule has 2 heterocycles. The van der Waals surface area contributed by atoms with Gasteiger partial charge in [-0.25, -0.2) is 14.8 Å². The van der Waals surface area contributed by atoms with Crippen LogP contribution in [0, 0.1) is 18.4 Å². The molecule has 1 saturated carbocycles. The molecular formula is C20H19N4O2S2. The van der Waals surface area contributed by atoms with Gasteiger partial charge in [-0.2, -0.15) is 0 Å². The number of anilines is 2. The summed E-state index contributed by atoms with van der Waals surface area (Å²) in [6, 6.07) is 5.11. The first-order chi connectivity index (χ1) is 13.6. The molecule has 0 saturated heterocycles. The van der Waals surface area contributed by atoms with Gasteiger partial charge in [0.15, 0.2) is 16.4 Å². The minimum Gasteiger partial charge on any atom is -0.307 e. The van der Waals surface area contributed by atoms with E-state index in [0.717, 1.165) is 36.9 Å². The van der Waals surface area contributed by atoms with Crippen LogP contribution in [-0.2, 0) is 0 Å². The number of aromatic nitrogens is 2. The molecule has 28 heavy (non-hydrogen) atoms. The molecule has 8 heteroatoms. The normalized spacial score (nSPS) is 14.2. The Kier molecular flexibility index (Phi) is 5.50. The highest BCUT2D eigenvalue weighted by atomic mass is 32.1. The zero-order valence-corrected chi connectivity index (χ0v) is 17.0. The molecule has 0 unspecified atom stereocenters. The van der Waals surface area contributed by atoms with Crippen LogP contribution < -0.4 is 10.6 Å². The van der Waals surface area contributed by atoms with Gasteiger partial charge in [-0.1, -0.05) is 24.5 Å². The zero-order valence-electron chi connectivity index (χ0n) is 15.3. The van der Waals surface area contributed by atoms with E-state index in [4.69, 9.17) is 0 Å². The van der Waals surface area contributed by atoms with Gasteiger partial charge in [0, 0.05) is 22.2 Å². The second-order valence-electron chi connectivity index (χ2n) is 6.84. The highest BCUT2D eigenvalue weighted by Crippen LogP contribution is 2.31. The second kappa shape index (κ2) is 8.20. The molecule has 0 aliphatic heterocycles. The molecule has 1 aliphatic carbocycles. The van der Waals surface area contributed by atoms with Gasteiger partial charge in [0.2, 0.25) is 0 Å². The lowest BCUT2D eigenvalue weighted by Crippen LogP contribution is -2.22. The molecule has 3 aromatic rings. The number of carbonyl (C=O) groups excluding carboxylic acids is 2. The summed E-state index contributed by atoms with van der Waals surface area (Å²) < 4.78 is 0. The van der Waals surface area contributed by atoms with Crippen molar-refractivity contribution in [2.24, 2.45) is 5.92 Å². The van der Waals surface area contributed by atoms with Crippen molar-refractivity contribution < 1.29 is 9.59 Å². The molecule has 1 radical (unpaired) electrons. The number of benzene rings is 1. The number of nitrogens with one attached hydrogen (secondary N) is 2. The third-order valence-corrected chi connectivity index (χ3v) is 6.09. The Hall–Kier alpha value is -2.58. The lowest BCUT2D eigenvalue weighted by Gasteiger charge is -2.14. The Labute approximate surface area is 171 Å². The van der Waals surface area contributed by atoms with E-state index in [1.165, 1.54) is 22.7 Å². The summed E-state index contributed by atoms with van der Waals surface area (Å²) in [5.74, 6) is 0.176. The Morgan fingerprint density at radius 1 is 1.14 bits per heavy atom. The maximum absolute atomic E-state index is 12.9. The van der Waals surface area contributed by atoms with E-state index >= 15 is 0 Å². The van der Waals surface area contributed by atoms with Crippen molar-refractivity contribution in [3.63, 3.8) is 0 Å². The average molecular weight is 412 g/mol. The molecule has 0 bridgehead atoms. The van der Waals surface area contributed by atoms with E-state index in [-0.39, 0.29) is 11.7 Å². The Balaban J connectivity index is 1.48. The first-order valence-electron chi connectivity index (χ1n) is 9.10. The third-order valence-electron chi connectivity index (χ3n) is 4.79. The predicted molar refractivity (Wildman–Crippen MR) is 112 cm³/mol. The highest BCUT2D eigenvalue weighted by molar-refractivity contribution is 7.14. The molecule has 6 nitrogen and oxygen atoms in total. The summed E-state index contributed by atoms with van der Waals surface area (Å²) in [5, 5.41) is 9.70. The van der Waals surface area contributed by atoms with E-state index < -0.39 is 6.03 Å². The van der Waals surface area contributed by atoms with E-state index in [9.17, 15) is 9.59 Å². The van der Waals surface area contributed by atoms with Crippen molar-refractivity contribution in [2.45, 2.75) is 32.6 Å². The third kappa shape index (κ3) is 4.13. The number of ketones is 1. The van der Waals surface area contributed by atoms with Crippen LogP contribution in [-0.4, -0.2) is 21.8 Å². The number of rotatable bonds is 5. The second-order valence-corrected chi connectivity index (χ2v) is 8.35. The largest absolute Gasteiger partial charge is 0.325 e. The fraction of sp³-hybridized carbons (Fsp3) is 0.300. The van der Waals surface area contributed by atoms with Gasteiger partial charge >= 0.3 is 6.03 Å². The molecule has 1 aliphatic rings. The molecule has 4 rings (SSSR count). The van der Waals surface area contributed by atoms with Gasteiger partial charge in [0.25, 0.3) is 0 Å². The summed E-state index contributed by atoms with van der Waals surface area (Å²) >= 11 is 2.69. The van der Waals surface area contributed by atoms with Crippen molar-refractivity contribution in [3.05, 3.63) is 45.6 Å². The quantitative estimate of drug-likeness (QED) is 0.551. The number of nitrogens with zero attached hydrogens (tertiary/aromatic N) is 2. The lowest BCUT2D eigenvalue weighted by atomic mass is 9.94. The van der Waals surface area contributed by atoms with Crippen LogP contribution in [0.5, 0.6) is 0 Å². The van der Waals surface area contributed by atoms with Crippen LogP contribution in [0.3, 0.4) is 0 Å². The number of Topliss-reactive ketones (excluding diaryl/α,β-unsaturated/α-hetero) is 1. The van der Waals surface area contributed by atoms with Gasteiger partial charge in [-0.05, 0) is 31.9 Å². The van der Waals surface area contributed by atoms with Gasteiger partial charge in [-0.15, -0.1) is 22.7 Å². The Morgan fingerprint density at radius 2 is 1.96 bits per heavy atom. The molecule has 2 aromatic heterocycles. The van der Waals surface area contributed by atoms with Crippen molar-refractivity contribution in [1.82, 2.24) is 9.97 Å². The molecule has 2 N–H and O–H groups in total. The zero-order chi connectivity index (χ0) is 19.5. The van der Waals surface area contributed by atoms with Gasteiger partial charge in [0.05, 0.1) is 5.69 Å².